The number of benzene rings is 8. The maximum Gasteiger partial charge on any atom is 0.252 e. The van der Waals surface area contributed by atoms with Gasteiger partial charge in [-0.1, -0.05) is 187 Å². The highest BCUT2D eigenvalue weighted by molar-refractivity contribution is 7.00. The lowest BCUT2D eigenvalue weighted by Gasteiger charge is -2.48. The molecule has 3 heterocycles. The second-order valence-electron chi connectivity index (χ2n) is 30.3. The summed E-state index contributed by atoms with van der Waals surface area (Å²) in [5.74, 6) is 0. The Labute approximate surface area is 485 Å². The summed E-state index contributed by atoms with van der Waals surface area (Å²) in [5.41, 5.74) is 34.5. The molecule has 3 nitrogen and oxygen atoms in total. The molecule has 14 rings (SSSR count). The molecular weight excluding hydrogens is 980 g/mol. The Kier molecular flexibility index (Phi) is 11.2. The Morgan fingerprint density at radius 2 is 1.06 bits per heavy atom. The summed E-state index contributed by atoms with van der Waals surface area (Å²) < 4.78 is 7.18. The summed E-state index contributed by atoms with van der Waals surface area (Å²) >= 11 is 0. The fourth-order valence-electron chi connectivity index (χ4n) is 16.1. The lowest BCUT2D eigenvalue weighted by molar-refractivity contribution is 0.332. The minimum Gasteiger partial charge on any atom is -0.359 e. The van der Waals surface area contributed by atoms with Crippen molar-refractivity contribution in [3.8, 4) is 33.4 Å². The van der Waals surface area contributed by atoms with E-state index in [1.54, 1.807) is 0 Å². The fourth-order valence-corrected chi connectivity index (χ4v) is 16.1. The predicted molar refractivity (Wildman–Crippen MR) is 346 cm³/mol. The van der Waals surface area contributed by atoms with Crippen LogP contribution in [0.15, 0.2) is 133 Å². The summed E-state index contributed by atoms with van der Waals surface area (Å²) in [7, 11) is 0. The first kappa shape index (κ1) is 52.5. The van der Waals surface area contributed by atoms with Crippen molar-refractivity contribution in [3.05, 3.63) is 195 Å². The third-order valence-corrected chi connectivity index (χ3v) is 20.8. The first-order chi connectivity index (χ1) is 38.1. The topological polar surface area (TPSA) is 19.0 Å². The highest BCUT2D eigenvalue weighted by Crippen LogP contribution is 2.63. The van der Waals surface area contributed by atoms with Crippen LogP contribution in [-0.2, 0) is 37.2 Å². The van der Waals surface area contributed by atoms with E-state index in [0.717, 1.165) is 19.3 Å². The predicted octanol–water partition coefficient (Wildman–Crippen LogP) is 19.1. The van der Waals surface area contributed by atoms with Crippen molar-refractivity contribution in [3.63, 3.8) is 0 Å². The van der Waals surface area contributed by atoms with Crippen molar-refractivity contribution in [1.29, 1.82) is 0 Å². The lowest BCUT2D eigenvalue weighted by Crippen LogP contribution is -2.63. The maximum absolute atomic E-state index is 7.18. The van der Waals surface area contributed by atoms with Crippen molar-refractivity contribution in [1.82, 2.24) is 0 Å². The molecule has 6 aliphatic rings. The molecule has 3 aliphatic heterocycles. The molecule has 81 heavy (non-hydrogen) atoms. The second kappa shape index (κ2) is 17.2. The van der Waals surface area contributed by atoms with Gasteiger partial charge < -0.3 is 14.5 Å². The first-order valence-electron chi connectivity index (χ1n) is 30.5. The van der Waals surface area contributed by atoms with Gasteiger partial charge in [0.25, 0.3) is 6.71 Å². The van der Waals surface area contributed by atoms with Gasteiger partial charge in [0.2, 0.25) is 0 Å². The number of fused-ring (bicyclic) bond motifs is 13. The zero-order chi connectivity index (χ0) is 57.0. The molecule has 4 heteroatoms. The molecule has 2 atom stereocenters. The molecule has 0 amide bonds. The number of nitrogens with zero attached hydrogens (tertiary/aromatic N) is 2. The van der Waals surface area contributed by atoms with Crippen LogP contribution in [0.4, 0.5) is 34.1 Å². The van der Waals surface area contributed by atoms with E-state index in [9.17, 15) is 0 Å². The van der Waals surface area contributed by atoms with Gasteiger partial charge in [0.1, 0.15) is 12.2 Å². The molecule has 8 aromatic rings. The highest BCUT2D eigenvalue weighted by atomic mass is 16.6. The molecule has 1 fully saturated rings. The van der Waals surface area contributed by atoms with Gasteiger partial charge in [0.05, 0.1) is 5.69 Å². The zero-order valence-electron chi connectivity index (χ0n) is 51.6. The summed E-state index contributed by atoms with van der Waals surface area (Å²) in [6.07, 6.45) is 4.57. The molecule has 3 aliphatic carbocycles. The van der Waals surface area contributed by atoms with Crippen LogP contribution in [0.25, 0.3) is 33.4 Å². The van der Waals surface area contributed by atoms with E-state index in [4.69, 9.17) is 4.74 Å². The van der Waals surface area contributed by atoms with E-state index in [1.165, 1.54) is 152 Å². The summed E-state index contributed by atoms with van der Waals surface area (Å²) in [4.78, 5) is 5.48. The zero-order valence-corrected chi connectivity index (χ0v) is 51.6. The summed E-state index contributed by atoms with van der Waals surface area (Å²) in [5, 5.41) is 0. The van der Waals surface area contributed by atoms with E-state index in [2.05, 4.69) is 261 Å². The molecule has 0 saturated carbocycles. The van der Waals surface area contributed by atoms with Crippen LogP contribution in [0.3, 0.4) is 0 Å². The van der Waals surface area contributed by atoms with E-state index < -0.39 is 0 Å². The van der Waals surface area contributed by atoms with Gasteiger partial charge in [0.15, 0.2) is 0 Å². The third kappa shape index (κ3) is 7.84. The largest absolute Gasteiger partial charge is 0.359 e. The van der Waals surface area contributed by atoms with Gasteiger partial charge in [-0.2, -0.15) is 0 Å². The van der Waals surface area contributed by atoms with Crippen LogP contribution < -0.4 is 26.2 Å². The number of rotatable bonds is 4. The van der Waals surface area contributed by atoms with Crippen molar-refractivity contribution >= 4 is 57.2 Å². The number of epoxide rings is 1. The average molecular weight is 1060 g/mol. The van der Waals surface area contributed by atoms with Gasteiger partial charge in [-0.05, 0) is 227 Å². The van der Waals surface area contributed by atoms with Crippen molar-refractivity contribution in [2.75, 3.05) is 9.80 Å². The van der Waals surface area contributed by atoms with Crippen LogP contribution in [-0.4, -0.2) is 6.71 Å². The van der Waals surface area contributed by atoms with Gasteiger partial charge in [-0.15, -0.1) is 0 Å². The molecule has 0 spiro atoms. The van der Waals surface area contributed by atoms with Crippen LogP contribution in [0.5, 0.6) is 0 Å². The molecule has 8 aromatic carbocycles. The first-order valence-corrected chi connectivity index (χ1v) is 30.5. The van der Waals surface area contributed by atoms with Crippen molar-refractivity contribution < 1.29 is 4.74 Å². The van der Waals surface area contributed by atoms with Crippen molar-refractivity contribution in [2.45, 2.75) is 188 Å². The summed E-state index contributed by atoms with van der Waals surface area (Å²) in [6, 6.07) is 53.6. The fraction of sp³-hybridized carbons (Fsp3) is 0.377. The minimum absolute atomic E-state index is 0.00218. The number of anilines is 6. The molecule has 2 unspecified atom stereocenters. The smallest absolute Gasteiger partial charge is 0.252 e. The lowest BCUT2D eigenvalue weighted by atomic mass is 9.32. The Morgan fingerprint density at radius 3 is 1.70 bits per heavy atom. The number of aryl methyl sites for hydroxylation is 3. The Balaban J connectivity index is 1.18. The second-order valence-corrected chi connectivity index (χ2v) is 30.3. The van der Waals surface area contributed by atoms with Gasteiger partial charge in [-0.25, -0.2) is 0 Å². The molecule has 0 aromatic heterocycles. The average Bonchev–Trinajstić information content (AvgIpc) is 3.11. The van der Waals surface area contributed by atoms with Gasteiger partial charge >= 0.3 is 0 Å². The molecule has 0 radical (unpaired) electrons. The van der Waals surface area contributed by atoms with Crippen LogP contribution in [0.2, 0.25) is 0 Å². The van der Waals surface area contributed by atoms with Crippen LogP contribution >= 0.6 is 0 Å². The Bertz CT molecular complexity index is 3980. The van der Waals surface area contributed by atoms with E-state index in [-0.39, 0.29) is 51.4 Å². The van der Waals surface area contributed by atoms with Crippen LogP contribution in [0, 0.1) is 20.8 Å². The number of hydrogen-bond donors (Lipinski definition) is 0. The standard InChI is InChI=1S/C77H83BN2O/c1-44-36-45(2)65(46(3)37-44)48-38-63-68-64(39-48)80(60-30-26-49(72(4,5)6)40-53(60)47-22-19-18-20-23-47)61-31-28-51-66-52(24-21-25-55(66)73(7,8)9)70-71(81-70)67(51)69(61)78(68)59-42-57-58(77(16,17)35-34-76(57,14)15)43-62(59)79(63)50-27-29-54-56(41-50)75(12,13)33-32-74(54,10)11/h18-31,36-43,70-71H,32-35H2,1-17H3. The minimum atomic E-state index is -0.0990. The number of ether oxygens (including phenoxy) is 1. The normalized spacial score (nSPS) is 20.0. The molecule has 0 bridgehead atoms. The van der Waals surface area contributed by atoms with E-state index >= 15 is 0 Å². The Morgan fingerprint density at radius 1 is 0.457 bits per heavy atom. The van der Waals surface area contributed by atoms with Gasteiger partial charge in [0, 0.05) is 34.0 Å². The monoisotopic (exact) mass is 1060 g/mol. The number of hydrogen-bond acceptors (Lipinski definition) is 3. The maximum atomic E-state index is 7.18. The molecule has 1 saturated heterocycles. The highest BCUT2D eigenvalue weighted by Gasteiger charge is 2.55. The van der Waals surface area contributed by atoms with E-state index in [1.807, 2.05) is 0 Å². The third-order valence-electron chi connectivity index (χ3n) is 20.8. The quantitative estimate of drug-likeness (QED) is 0.129. The van der Waals surface area contributed by atoms with Crippen molar-refractivity contribution in [2.24, 2.45) is 0 Å². The van der Waals surface area contributed by atoms with E-state index in [0.29, 0.717) is 0 Å². The van der Waals surface area contributed by atoms with Crippen LogP contribution in [0.1, 0.15) is 196 Å². The Hall–Kier alpha value is -6.62. The SMILES string of the molecule is Cc1cc(C)c(-c2cc3c4c(c2)N(c2ccc(C(C)(C)C)cc2-c2ccccc2)c2ccc5c(c2B4c2cc4c(cc2N3c2ccc3c(c2)C(C)(C)CCC3(C)C)C(C)(C)CCC4(C)C)C2OC2c2cccc(C(C)(C)C)c2-5)c(C)c1. The molecule has 0 N–H and O–H groups in total. The molecule has 410 valence electrons. The van der Waals surface area contributed by atoms with Gasteiger partial charge in [-0.3, -0.25) is 0 Å². The summed E-state index contributed by atoms with van der Waals surface area (Å²) in [6.45, 7) is 40.9. The molecular formula is C77H83BN2O.